The van der Waals surface area contributed by atoms with Gasteiger partial charge < -0.3 is 10.2 Å². The minimum Gasteiger partial charge on any atom is -0.368 e. The van der Waals surface area contributed by atoms with Crippen LogP contribution in [0.1, 0.15) is 24.5 Å². The van der Waals surface area contributed by atoms with Gasteiger partial charge in [0.2, 0.25) is 0 Å². The summed E-state index contributed by atoms with van der Waals surface area (Å²) in [5.74, 6) is 0.276. The van der Waals surface area contributed by atoms with E-state index in [0.717, 1.165) is 17.4 Å². The van der Waals surface area contributed by atoms with Crippen LogP contribution in [0.25, 0.3) is 0 Å². The number of para-hydroxylation sites is 1. The first-order valence-corrected chi connectivity index (χ1v) is 8.74. The molecule has 1 N–H and O–H groups in total. The average molecular weight is 353 g/mol. The molecule has 1 aromatic carbocycles. The molecule has 0 saturated carbocycles. The second-order valence-electron chi connectivity index (χ2n) is 6.68. The third kappa shape index (κ3) is 2.99. The van der Waals surface area contributed by atoms with Crippen LogP contribution < -0.4 is 21.5 Å². The van der Waals surface area contributed by atoms with E-state index in [4.69, 9.17) is 0 Å². The Balaban J connectivity index is 1.83. The van der Waals surface area contributed by atoms with Crippen molar-refractivity contribution in [2.24, 2.45) is 14.1 Å². The first kappa shape index (κ1) is 17.8. The number of nitrogens with one attached hydrogen (secondary N) is 1. The number of nitrogens with zero attached hydrogens (tertiary/aromatic N) is 4. The lowest BCUT2D eigenvalue weighted by Gasteiger charge is -2.37. The summed E-state index contributed by atoms with van der Waals surface area (Å²) in [6, 6.07) is 10.7. The van der Waals surface area contributed by atoms with Crippen LogP contribution in [0.3, 0.4) is 0 Å². The summed E-state index contributed by atoms with van der Waals surface area (Å²) < 4.78 is 2.26. The Labute approximate surface area is 152 Å². The molecule has 0 radical (unpaired) electrons. The molecule has 0 unspecified atom stereocenters. The molecule has 136 valence electrons. The Hall–Kier alpha value is -3.01. The predicted molar refractivity (Wildman–Crippen MR) is 102 cm³/mol. The van der Waals surface area contributed by atoms with Gasteiger partial charge in [-0.25, -0.2) is 4.79 Å². The molecule has 0 aliphatic carbocycles. The van der Waals surface area contributed by atoms with E-state index in [1.54, 1.807) is 7.05 Å². The maximum atomic E-state index is 12.2. The van der Waals surface area contributed by atoms with Crippen molar-refractivity contribution in [2.45, 2.75) is 25.8 Å². The molecule has 0 bridgehead atoms. The lowest BCUT2D eigenvalue weighted by atomic mass is 9.97. The number of fused-ring (bicyclic) bond motifs is 1. The van der Waals surface area contributed by atoms with Gasteiger partial charge in [0.1, 0.15) is 11.9 Å². The van der Waals surface area contributed by atoms with Gasteiger partial charge >= 0.3 is 5.69 Å². The Morgan fingerprint density at radius 2 is 1.96 bits per heavy atom. The molecule has 0 fully saturated rings. The van der Waals surface area contributed by atoms with E-state index in [1.165, 1.54) is 22.9 Å². The Bertz CT molecular complexity index is 983. The standard InChI is InChI=1S/C19H23N5O2/c1-13-8-9-14-6-4-5-7-16(14)24(13)11-10-21-17-15(12-20)18(25)23(3)19(26)22(17)2/h4-7,13,21H,8-11H2,1-3H3/t13-/m0/s1. The molecule has 7 heteroatoms. The molecule has 26 heavy (non-hydrogen) atoms. The van der Waals surface area contributed by atoms with Crippen LogP contribution in [0.15, 0.2) is 33.9 Å². The number of rotatable bonds is 4. The van der Waals surface area contributed by atoms with Crippen molar-refractivity contribution < 1.29 is 0 Å². The fraction of sp³-hybridized carbons (Fsp3) is 0.421. The summed E-state index contributed by atoms with van der Waals surface area (Å²) in [5.41, 5.74) is 1.50. The van der Waals surface area contributed by atoms with Gasteiger partial charge in [0.15, 0.2) is 5.56 Å². The summed E-state index contributed by atoms with van der Waals surface area (Å²) in [5, 5.41) is 12.5. The summed E-state index contributed by atoms with van der Waals surface area (Å²) in [4.78, 5) is 26.6. The van der Waals surface area contributed by atoms with Gasteiger partial charge in [0, 0.05) is 38.9 Å². The highest BCUT2D eigenvalue weighted by atomic mass is 16.2. The fourth-order valence-corrected chi connectivity index (χ4v) is 3.55. The second kappa shape index (κ2) is 7.08. The number of benzene rings is 1. The van der Waals surface area contributed by atoms with Crippen molar-refractivity contribution in [1.29, 1.82) is 5.26 Å². The van der Waals surface area contributed by atoms with Crippen molar-refractivity contribution in [3.63, 3.8) is 0 Å². The molecular formula is C19H23N5O2. The monoisotopic (exact) mass is 353 g/mol. The van der Waals surface area contributed by atoms with Crippen LogP contribution in [-0.4, -0.2) is 28.3 Å². The van der Waals surface area contributed by atoms with E-state index in [9.17, 15) is 14.9 Å². The van der Waals surface area contributed by atoms with Crippen LogP contribution in [-0.2, 0) is 20.5 Å². The number of hydrogen-bond acceptors (Lipinski definition) is 5. The minimum atomic E-state index is -0.574. The van der Waals surface area contributed by atoms with E-state index >= 15 is 0 Å². The Morgan fingerprint density at radius 3 is 2.69 bits per heavy atom. The number of aromatic nitrogens is 2. The van der Waals surface area contributed by atoms with Crippen LogP contribution in [0, 0.1) is 11.3 Å². The Morgan fingerprint density at radius 1 is 1.23 bits per heavy atom. The summed E-state index contributed by atoms with van der Waals surface area (Å²) >= 11 is 0. The quantitative estimate of drug-likeness (QED) is 0.893. The first-order chi connectivity index (χ1) is 12.5. The summed E-state index contributed by atoms with van der Waals surface area (Å²) in [7, 11) is 2.94. The number of aryl methyl sites for hydroxylation is 1. The van der Waals surface area contributed by atoms with Crippen molar-refractivity contribution in [3.8, 4) is 6.07 Å². The van der Waals surface area contributed by atoms with Crippen molar-refractivity contribution in [3.05, 3.63) is 56.2 Å². The topological polar surface area (TPSA) is 83.1 Å². The maximum absolute atomic E-state index is 12.2. The van der Waals surface area contributed by atoms with E-state index in [0.29, 0.717) is 19.1 Å². The molecule has 2 aromatic rings. The molecule has 1 aromatic heterocycles. The van der Waals surface area contributed by atoms with Gasteiger partial charge in [0.25, 0.3) is 5.56 Å². The van der Waals surface area contributed by atoms with Gasteiger partial charge in [-0.3, -0.25) is 13.9 Å². The third-order valence-corrected chi connectivity index (χ3v) is 5.09. The minimum absolute atomic E-state index is 0.0401. The SMILES string of the molecule is C[C@H]1CCc2ccccc2N1CCNc1c(C#N)c(=O)n(C)c(=O)n1C. The van der Waals surface area contributed by atoms with E-state index in [-0.39, 0.29) is 11.4 Å². The fourth-order valence-electron chi connectivity index (χ4n) is 3.55. The molecule has 1 aliphatic rings. The molecule has 0 spiro atoms. The summed E-state index contributed by atoms with van der Waals surface area (Å²) in [6.07, 6.45) is 2.16. The molecular weight excluding hydrogens is 330 g/mol. The molecule has 2 heterocycles. The predicted octanol–water partition coefficient (Wildman–Crippen LogP) is 1.21. The Kier molecular flexibility index (Phi) is 4.85. The van der Waals surface area contributed by atoms with E-state index in [1.807, 2.05) is 12.1 Å². The van der Waals surface area contributed by atoms with Crippen LogP contribution in [0.4, 0.5) is 11.5 Å². The molecule has 0 amide bonds. The molecule has 7 nitrogen and oxygen atoms in total. The zero-order valence-electron chi connectivity index (χ0n) is 15.3. The lowest BCUT2D eigenvalue weighted by molar-refractivity contribution is 0.567. The lowest BCUT2D eigenvalue weighted by Crippen LogP contribution is -2.42. The van der Waals surface area contributed by atoms with Crippen LogP contribution in [0.2, 0.25) is 0 Å². The van der Waals surface area contributed by atoms with Gasteiger partial charge in [-0.15, -0.1) is 0 Å². The van der Waals surface area contributed by atoms with Gasteiger partial charge in [-0.1, -0.05) is 18.2 Å². The normalized spacial score (nSPS) is 16.1. The van der Waals surface area contributed by atoms with Gasteiger partial charge in [-0.05, 0) is 31.4 Å². The molecule has 1 aliphatic heterocycles. The molecule has 0 saturated heterocycles. The summed E-state index contributed by atoms with van der Waals surface area (Å²) in [6.45, 7) is 3.44. The number of hydrogen-bond donors (Lipinski definition) is 1. The second-order valence-corrected chi connectivity index (χ2v) is 6.68. The van der Waals surface area contributed by atoms with E-state index in [2.05, 4.69) is 35.3 Å². The zero-order valence-corrected chi connectivity index (χ0v) is 15.3. The van der Waals surface area contributed by atoms with Crippen molar-refractivity contribution in [1.82, 2.24) is 9.13 Å². The highest BCUT2D eigenvalue weighted by Gasteiger charge is 2.22. The number of nitriles is 1. The van der Waals surface area contributed by atoms with Gasteiger partial charge in [-0.2, -0.15) is 5.26 Å². The maximum Gasteiger partial charge on any atom is 0.332 e. The zero-order chi connectivity index (χ0) is 18.8. The van der Waals surface area contributed by atoms with Crippen molar-refractivity contribution in [2.75, 3.05) is 23.3 Å². The largest absolute Gasteiger partial charge is 0.368 e. The molecule has 3 rings (SSSR count). The van der Waals surface area contributed by atoms with E-state index < -0.39 is 11.2 Å². The third-order valence-electron chi connectivity index (χ3n) is 5.09. The highest BCUT2D eigenvalue weighted by molar-refractivity contribution is 5.57. The smallest absolute Gasteiger partial charge is 0.332 e. The van der Waals surface area contributed by atoms with Crippen molar-refractivity contribution >= 4 is 11.5 Å². The number of anilines is 2. The first-order valence-electron chi connectivity index (χ1n) is 8.74. The van der Waals surface area contributed by atoms with Crippen LogP contribution >= 0.6 is 0 Å². The average Bonchev–Trinajstić information content (AvgIpc) is 2.65. The van der Waals surface area contributed by atoms with Crippen LogP contribution in [0.5, 0.6) is 0 Å². The molecule has 1 atom stereocenters. The highest BCUT2D eigenvalue weighted by Crippen LogP contribution is 2.29. The van der Waals surface area contributed by atoms with Gasteiger partial charge in [0.05, 0.1) is 0 Å².